The fraction of sp³-hybridized carbons (Fsp3) is 1.00. The molecule has 0 amide bonds. The fourth-order valence-corrected chi connectivity index (χ4v) is 0.304. The van der Waals surface area contributed by atoms with Gasteiger partial charge in [0.1, 0.15) is 0 Å². The first-order chi connectivity index (χ1) is 5.38. The van der Waals surface area contributed by atoms with Gasteiger partial charge in [-0.05, 0) is 11.5 Å². The summed E-state index contributed by atoms with van der Waals surface area (Å²) < 4.78 is 4.86. The summed E-state index contributed by atoms with van der Waals surface area (Å²) >= 11 is 0. The Labute approximate surface area is 79.1 Å². The smallest absolute Gasteiger partial charge is 0.0807 e. The maximum Gasteiger partial charge on any atom is 0.0807 e. The minimum Gasteiger partial charge on any atom is -0.373 e. The summed E-state index contributed by atoms with van der Waals surface area (Å²) in [7, 11) is -0.359. The van der Waals surface area contributed by atoms with Crippen molar-refractivity contribution in [1.82, 2.24) is 0 Å². The first-order valence-electron chi connectivity index (χ1n) is 4.99. The van der Waals surface area contributed by atoms with E-state index in [0.717, 1.165) is 6.61 Å². The minimum atomic E-state index is -0.359. The molecule has 1 aliphatic rings. The maximum absolute atomic E-state index is 4.86. The molecule has 0 bridgehead atoms. The molecular formula is C10H24OSi. The molecule has 1 atom stereocenters. The van der Waals surface area contributed by atoms with E-state index in [4.69, 9.17) is 4.74 Å². The quantitative estimate of drug-likeness (QED) is 0.455. The van der Waals surface area contributed by atoms with Gasteiger partial charge < -0.3 is 4.74 Å². The third-order valence-corrected chi connectivity index (χ3v) is 6.05. The lowest BCUT2D eigenvalue weighted by molar-refractivity contribution is 0.403. The molecule has 1 saturated heterocycles. The third-order valence-electron chi connectivity index (χ3n) is 2.59. The van der Waals surface area contributed by atoms with E-state index in [1.54, 1.807) is 0 Å². The zero-order valence-corrected chi connectivity index (χ0v) is 10.6. The zero-order valence-electron chi connectivity index (χ0n) is 9.48. The van der Waals surface area contributed by atoms with E-state index in [-0.39, 0.29) is 8.80 Å². The van der Waals surface area contributed by atoms with E-state index in [1.807, 2.05) is 0 Å². The largest absolute Gasteiger partial charge is 0.373 e. The van der Waals surface area contributed by atoms with E-state index in [0.29, 0.717) is 11.1 Å². The highest BCUT2D eigenvalue weighted by molar-refractivity contribution is 6.59. The zero-order chi connectivity index (χ0) is 9.78. The summed E-state index contributed by atoms with van der Waals surface area (Å²) in [5.41, 5.74) is 0. The van der Waals surface area contributed by atoms with Gasteiger partial charge in [-0.25, -0.2) is 0 Å². The molecule has 0 aromatic heterocycles. The second kappa shape index (κ2) is 5.03. The molecule has 0 aromatic rings. The van der Waals surface area contributed by atoms with Gasteiger partial charge in [-0.15, -0.1) is 0 Å². The molecule has 0 spiro atoms. The molecule has 0 radical (unpaired) electrons. The minimum absolute atomic E-state index is 0.359. The van der Waals surface area contributed by atoms with Crippen molar-refractivity contribution in [2.45, 2.75) is 58.4 Å². The number of hydrogen-bond donors (Lipinski definition) is 0. The number of epoxide rings is 1. The Kier molecular flexibility index (Phi) is 5.10. The molecule has 1 heterocycles. The maximum atomic E-state index is 4.86. The van der Waals surface area contributed by atoms with Crippen molar-refractivity contribution in [2.24, 2.45) is 0 Å². The van der Waals surface area contributed by atoms with Gasteiger partial charge in [-0.1, -0.05) is 40.8 Å². The highest BCUT2D eigenvalue weighted by Crippen LogP contribution is 2.25. The van der Waals surface area contributed by atoms with E-state index < -0.39 is 0 Å². The molecule has 1 rings (SSSR count). The number of ether oxygens (including phenoxy) is 1. The summed E-state index contributed by atoms with van der Waals surface area (Å²) in [6.45, 7) is 14.9. The average Bonchev–Trinajstić information content (AvgIpc) is 2.67. The molecule has 74 valence electrons. The van der Waals surface area contributed by atoms with Gasteiger partial charge >= 0.3 is 0 Å². The normalized spacial score (nSPS) is 21.8. The first kappa shape index (κ1) is 12.2. The van der Waals surface area contributed by atoms with Crippen LogP contribution in [0, 0.1) is 0 Å². The standard InChI is InChI=1S/C6H16Si.C4H8O/c1-6(2,3)7(4)5;1-2-4-3-5-4/h7H,1-5H3;4H,2-3H2,1H3. The van der Waals surface area contributed by atoms with Gasteiger partial charge in [-0.3, -0.25) is 0 Å². The lowest BCUT2D eigenvalue weighted by atomic mass is 10.2. The van der Waals surface area contributed by atoms with Gasteiger partial charge in [0.2, 0.25) is 0 Å². The molecule has 0 aromatic carbocycles. The van der Waals surface area contributed by atoms with Crippen LogP contribution < -0.4 is 0 Å². The fourth-order valence-electron chi connectivity index (χ4n) is 0.304. The van der Waals surface area contributed by atoms with Gasteiger partial charge in [-0.2, -0.15) is 0 Å². The van der Waals surface area contributed by atoms with Gasteiger partial charge in [0.05, 0.1) is 12.7 Å². The predicted molar refractivity (Wildman–Crippen MR) is 58.6 cm³/mol. The number of rotatable bonds is 1. The summed E-state index contributed by atoms with van der Waals surface area (Å²) in [6.07, 6.45) is 1.83. The Morgan fingerprint density at radius 1 is 1.33 bits per heavy atom. The third kappa shape index (κ3) is 6.86. The van der Waals surface area contributed by atoms with E-state index >= 15 is 0 Å². The van der Waals surface area contributed by atoms with Crippen LogP contribution in [0.5, 0.6) is 0 Å². The van der Waals surface area contributed by atoms with Crippen molar-refractivity contribution < 1.29 is 4.74 Å². The molecule has 0 N–H and O–H groups in total. The van der Waals surface area contributed by atoms with Crippen LogP contribution in [0.15, 0.2) is 0 Å². The van der Waals surface area contributed by atoms with Gasteiger partial charge in [0.25, 0.3) is 0 Å². The van der Waals surface area contributed by atoms with Gasteiger partial charge in [0.15, 0.2) is 0 Å². The van der Waals surface area contributed by atoms with Crippen molar-refractivity contribution in [2.75, 3.05) is 6.61 Å². The van der Waals surface area contributed by atoms with Crippen LogP contribution in [0.1, 0.15) is 34.1 Å². The molecule has 2 heteroatoms. The highest BCUT2D eigenvalue weighted by atomic mass is 28.3. The lowest BCUT2D eigenvalue weighted by Crippen LogP contribution is -2.16. The Balaban J connectivity index is 0.000000211. The van der Waals surface area contributed by atoms with Crippen LogP contribution >= 0.6 is 0 Å². The molecular weight excluding hydrogens is 164 g/mol. The van der Waals surface area contributed by atoms with Crippen LogP contribution in [-0.4, -0.2) is 21.5 Å². The summed E-state index contributed by atoms with van der Waals surface area (Å²) in [4.78, 5) is 0. The van der Waals surface area contributed by atoms with E-state index in [1.165, 1.54) is 6.42 Å². The predicted octanol–water partition coefficient (Wildman–Crippen LogP) is 3.07. The Hall–Kier alpha value is 0.177. The van der Waals surface area contributed by atoms with Crippen LogP contribution in [0.25, 0.3) is 0 Å². The van der Waals surface area contributed by atoms with Gasteiger partial charge in [0, 0.05) is 8.80 Å². The number of hydrogen-bond acceptors (Lipinski definition) is 1. The summed E-state index contributed by atoms with van der Waals surface area (Å²) in [6, 6.07) is 0. The Bertz CT molecular complexity index is 111. The molecule has 0 aliphatic carbocycles. The Morgan fingerprint density at radius 2 is 1.67 bits per heavy atom. The monoisotopic (exact) mass is 188 g/mol. The van der Waals surface area contributed by atoms with Crippen LogP contribution in [-0.2, 0) is 4.74 Å². The van der Waals surface area contributed by atoms with Crippen LogP contribution in [0.2, 0.25) is 18.1 Å². The van der Waals surface area contributed by atoms with Crippen molar-refractivity contribution in [3.05, 3.63) is 0 Å². The molecule has 1 aliphatic heterocycles. The SMILES string of the molecule is CCC1CO1.C[SiH](C)C(C)(C)C. The van der Waals surface area contributed by atoms with Crippen LogP contribution in [0.3, 0.4) is 0 Å². The summed E-state index contributed by atoms with van der Waals surface area (Å²) in [5, 5.41) is 0.639. The molecule has 1 nitrogen and oxygen atoms in total. The van der Waals surface area contributed by atoms with E-state index in [2.05, 4.69) is 40.8 Å². The molecule has 1 unspecified atom stereocenters. The van der Waals surface area contributed by atoms with E-state index in [9.17, 15) is 0 Å². The molecule has 1 fully saturated rings. The van der Waals surface area contributed by atoms with Crippen molar-refractivity contribution >= 4 is 8.80 Å². The molecule has 12 heavy (non-hydrogen) atoms. The Morgan fingerprint density at radius 3 is 1.67 bits per heavy atom. The van der Waals surface area contributed by atoms with Crippen molar-refractivity contribution in [1.29, 1.82) is 0 Å². The summed E-state index contributed by atoms with van der Waals surface area (Å²) in [5.74, 6) is 0. The second-order valence-corrected chi connectivity index (χ2v) is 8.93. The molecule has 0 saturated carbocycles. The van der Waals surface area contributed by atoms with Crippen LogP contribution in [0.4, 0.5) is 0 Å². The topological polar surface area (TPSA) is 12.5 Å². The van der Waals surface area contributed by atoms with Crippen molar-refractivity contribution in [3.8, 4) is 0 Å². The second-order valence-electron chi connectivity index (χ2n) is 4.88. The average molecular weight is 188 g/mol. The lowest BCUT2D eigenvalue weighted by Gasteiger charge is -2.21. The van der Waals surface area contributed by atoms with Crippen molar-refractivity contribution in [3.63, 3.8) is 0 Å². The first-order valence-corrected chi connectivity index (χ1v) is 7.88. The highest BCUT2D eigenvalue weighted by Gasteiger charge is 2.18.